The van der Waals surface area contributed by atoms with Crippen LogP contribution in [-0.2, 0) is 11.3 Å². The van der Waals surface area contributed by atoms with E-state index < -0.39 is 17.9 Å². The van der Waals surface area contributed by atoms with Crippen LogP contribution in [0.2, 0.25) is 10.0 Å². The van der Waals surface area contributed by atoms with Crippen molar-refractivity contribution in [2.24, 2.45) is 11.0 Å². The largest absolute Gasteiger partial charge is 0.342 e. The molecule has 0 fully saturated rings. The highest BCUT2D eigenvalue weighted by Crippen LogP contribution is 2.22. The quantitative estimate of drug-likeness (QED) is 0.224. The topological polar surface area (TPSA) is 75.5 Å². The highest BCUT2D eigenvalue weighted by Gasteiger charge is 2.25. The van der Waals surface area contributed by atoms with Crippen molar-refractivity contribution in [3.63, 3.8) is 0 Å². The van der Waals surface area contributed by atoms with Crippen LogP contribution in [0.25, 0.3) is 10.9 Å². The van der Waals surface area contributed by atoms with Crippen molar-refractivity contribution in [1.29, 1.82) is 0 Å². The molecule has 3 aromatic carbocycles. The Morgan fingerprint density at radius 1 is 1.00 bits per heavy atom. The maximum Gasteiger partial charge on any atom is 0.262 e. The highest BCUT2D eigenvalue weighted by molar-refractivity contribution is 6.36. The zero-order valence-corrected chi connectivity index (χ0v) is 21.4. The van der Waals surface area contributed by atoms with Gasteiger partial charge in [0, 0.05) is 34.2 Å². The minimum Gasteiger partial charge on any atom is -0.342 e. The molecular formula is C28H26Cl2N4O2. The summed E-state index contributed by atoms with van der Waals surface area (Å²) in [5.74, 6) is -1.06. The normalized spacial score (nSPS) is 12.2. The Balaban J connectivity index is 1.48. The first kappa shape index (κ1) is 25.5. The van der Waals surface area contributed by atoms with Crippen molar-refractivity contribution in [3.8, 4) is 0 Å². The van der Waals surface area contributed by atoms with Gasteiger partial charge in [0.1, 0.15) is 6.04 Å². The molecule has 1 unspecified atom stereocenters. The van der Waals surface area contributed by atoms with Crippen molar-refractivity contribution in [3.05, 3.63) is 106 Å². The number of aromatic nitrogens is 1. The lowest BCUT2D eigenvalue weighted by Gasteiger charge is -2.20. The van der Waals surface area contributed by atoms with Crippen LogP contribution in [0.15, 0.2) is 84.1 Å². The first-order valence-electron chi connectivity index (χ1n) is 11.5. The average Bonchev–Trinajstić information content (AvgIpc) is 3.20. The number of nitrogens with zero attached hydrogens (tertiary/aromatic N) is 2. The van der Waals surface area contributed by atoms with E-state index in [0.29, 0.717) is 5.02 Å². The summed E-state index contributed by atoms with van der Waals surface area (Å²) in [7, 11) is 0. The Labute approximate surface area is 219 Å². The van der Waals surface area contributed by atoms with E-state index in [1.54, 1.807) is 12.3 Å². The standard InChI is InChI=1S/C28H26Cl2N4O2/c1-18(2)26(32-27(35)23-13-12-21(29)14-24(23)30)28(36)33-31-15-20-17-34(16-19-8-4-3-5-9-19)25-11-7-6-10-22(20)25/h3-15,17-18,26H,16H2,1-2H3,(H,32,35)(H,33,36)/b31-15-. The van der Waals surface area contributed by atoms with Gasteiger partial charge in [-0.1, -0.05) is 85.6 Å². The highest BCUT2D eigenvalue weighted by atomic mass is 35.5. The molecule has 0 aliphatic rings. The van der Waals surface area contributed by atoms with Crippen LogP contribution in [0, 0.1) is 5.92 Å². The number of carbonyl (C=O) groups is 2. The molecule has 6 nitrogen and oxygen atoms in total. The maximum absolute atomic E-state index is 12.9. The van der Waals surface area contributed by atoms with E-state index in [1.165, 1.54) is 17.7 Å². The molecule has 4 rings (SSSR count). The smallest absolute Gasteiger partial charge is 0.262 e. The third-order valence-electron chi connectivity index (χ3n) is 5.81. The van der Waals surface area contributed by atoms with E-state index in [-0.39, 0.29) is 16.5 Å². The van der Waals surface area contributed by atoms with Crippen LogP contribution in [-0.4, -0.2) is 28.6 Å². The second-order valence-corrected chi connectivity index (χ2v) is 9.61. The van der Waals surface area contributed by atoms with Crippen molar-refractivity contribution < 1.29 is 9.59 Å². The number of hydrogen-bond acceptors (Lipinski definition) is 3. The average molecular weight is 521 g/mol. The maximum atomic E-state index is 12.9. The second kappa shape index (κ2) is 11.4. The van der Waals surface area contributed by atoms with Crippen molar-refractivity contribution in [1.82, 2.24) is 15.3 Å². The lowest BCUT2D eigenvalue weighted by atomic mass is 10.0. The minimum atomic E-state index is -0.805. The summed E-state index contributed by atoms with van der Waals surface area (Å²) < 4.78 is 2.15. The molecule has 4 aromatic rings. The first-order valence-corrected chi connectivity index (χ1v) is 12.3. The van der Waals surface area contributed by atoms with E-state index in [9.17, 15) is 9.59 Å². The minimum absolute atomic E-state index is 0.178. The zero-order valence-electron chi connectivity index (χ0n) is 19.9. The van der Waals surface area contributed by atoms with Gasteiger partial charge in [-0.05, 0) is 35.7 Å². The SMILES string of the molecule is CC(C)C(NC(=O)c1ccc(Cl)cc1Cl)C(=O)N/N=C\c1cn(Cc2ccccc2)c2ccccc12. The first-order chi connectivity index (χ1) is 17.3. The number of benzene rings is 3. The molecule has 2 amide bonds. The lowest BCUT2D eigenvalue weighted by Crippen LogP contribution is -2.48. The predicted molar refractivity (Wildman–Crippen MR) is 146 cm³/mol. The summed E-state index contributed by atoms with van der Waals surface area (Å²) in [5, 5.41) is 8.60. The molecule has 2 N–H and O–H groups in total. The molecule has 184 valence electrons. The number of halogens is 2. The van der Waals surface area contributed by atoms with Gasteiger partial charge in [0.05, 0.1) is 16.8 Å². The van der Waals surface area contributed by atoms with Crippen molar-refractivity contribution >= 4 is 52.1 Å². The summed E-state index contributed by atoms with van der Waals surface area (Å²) in [6.45, 7) is 4.40. The van der Waals surface area contributed by atoms with Gasteiger partial charge in [0.15, 0.2) is 0 Å². The van der Waals surface area contributed by atoms with Crippen molar-refractivity contribution in [2.45, 2.75) is 26.4 Å². The van der Waals surface area contributed by atoms with Crippen LogP contribution >= 0.6 is 23.2 Å². The molecule has 0 radical (unpaired) electrons. The number of rotatable bonds is 8. The van der Waals surface area contributed by atoms with E-state index in [0.717, 1.165) is 23.0 Å². The lowest BCUT2D eigenvalue weighted by molar-refractivity contribution is -0.123. The van der Waals surface area contributed by atoms with Gasteiger partial charge >= 0.3 is 0 Å². The molecule has 0 aliphatic heterocycles. The monoisotopic (exact) mass is 520 g/mol. The zero-order chi connectivity index (χ0) is 25.7. The molecule has 1 heterocycles. The Bertz CT molecular complexity index is 1410. The van der Waals surface area contributed by atoms with Crippen LogP contribution in [0.5, 0.6) is 0 Å². The summed E-state index contributed by atoms with van der Waals surface area (Å²) in [5.41, 5.74) is 5.95. The van der Waals surface area contributed by atoms with Gasteiger partial charge in [0.25, 0.3) is 11.8 Å². The molecule has 0 saturated heterocycles. The Morgan fingerprint density at radius 2 is 1.72 bits per heavy atom. The van der Waals surface area contributed by atoms with Crippen LogP contribution in [0.4, 0.5) is 0 Å². The molecule has 1 aromatic heterocycles. The molecule has 0 spiro atoms. The molecule has 1 atom stereocenters. The molecule has 36 heavy (non-hydrogen) atoms. The summed E-state index contributed by atoms with van der Waals surface area (Å²) >= 11 is 12.1. The summed E-state index contributed by atoms with van der Waals surface area (Å²) in [6.07, 6.45) is 3.63. The van der Waals surface area contributed by atoms with Crippen molar-refractivity contribution in [2.75, 3.05) is 0 Å². The molecule has 8 heteroatoms. The Morgan fingerprint density at radius 3 is 2.44 bits per heavy atom. The number of para-hydroxylation sites is 1. The predicted octanol–water partition coefficient (Wildman–Crippen LogP) is 5.90. The number of fused-ring (bicyclic) bond motifs is 1. The van der Waals surface area contributed by atoms with Gasteiger partial charge in [-0.25, -0.2) is 5.43 Å². The van der Waals surface area contributed by atoms with E-state index in [2.05, 4.69) is 38.6 Å². The van der Waals surface area contributed by atoms with E-state index in [1.807, 2.05) is 56.4 Å². The van der Waals surface area contributed by atoms with Crippen LogP contribution in [0.1, 0.15) is 35.3 Å². The number of nitrogens with one attached hydrogen (secondary N) is 2. The Hall–Kier alpha value is -3.61. The molecule has 0 bridgehead atoms. The van der Waals surface area contributed by atoms with Gasteiger partial charge in [-0.2, -0.15) is 5.10 Å². The number of hydrazone groups is 1. The molecule has 0 saturated carbocycles. The van der Waals surface area contributed by atoms with Gasteiger partial charge in [-0.3, -0.25) is 9.59 Å². The fourth-order valence-corrected chi connectivity index (χ4v) is 4.45. The van der Waals surface area contributed by atoms with Crippen LogP contribution in [0.3, 0.4) is 0 Å². The fourth-order valence-electron chi connectivity index (χ4n) is 3.95. The van der Waals surface area contributed by atoms with E-state index in [4.69, 9.17) is 23.2 Å². The fraction of sp³-hybridized carbons (Fsp3) is 0.179. The van der Waals surface area contributed by atoms with Gasteiger partial charge in [-0.15, -0.1) is 0 Å². The number of amides is 2. The number of carbonyl (C=O) groups excluding carboxylic acids is 2. The summed E-state index contributed by atoms with van der Waals surface area (Å²) in [6, 6.07) is 22.0. The van der Waals surface area contributed by atoms with Gasteiger partial charge in [0.2, 0.25) is 0 Å². The third kappa shape index (κ3) is 5.96. The van der Waals surface area contributed by atoms with Crippen LogP contribution < -0.4 is 10.7 Å². The summed E-state index contributed by atoms with van der Waals surface area (Å²) in [4.78, 5) is 25.6. The second-order valence-electron chi connectivity index (χ2n) is 8.77. The molecular weight excluding hydrogens is 495 g/mol. The molecule has 0 aliphatic carbocycles. The number of hydrogen-bond donors (Lipinski definition) is 2. The van der Waals surface area contributed by atoms with E-state index >= 15 is 0 Å². The Kier molecular flexibility index (Phi) is 8.08. The third-order valence-corrected chi connectivity index (χ3v) is 6.35. The van der Waals surface area contributed by atoms with Gasteiger partial charge < -0.3 is 9.88 Å².